The van der Waals surface area contributed by atoms with E-state index in [-0.39, 0.29) is 5.41 Å². The summed E-state index contributed by atoms with van der Waals surface area (Å²) in [6, 6.07) is 74.9. The van der Waals surface area contributed by atoms with E-state index in [0.717, 1.165) is 17.1 Å². The normalized spacial score (nSPS) is 14.6. The van der Waals surface area contributed by atoms with Crippen molar-refractivity contribution in [3.05, 3.63) is 234 Å². The maximum absolute atomic E-state index is 2.47. The molecule has 0 saturated heterocycles. The van der Waals surface area contributed by atoms with Gasteiger partial charge in [0.2, 0.25) is 0 Å². The van der Waals surface area contributed by atoms with Crippen molar-refractivity contribution in [3.8, 4) is 33.4 Å². The van der Waals surface area contributed by atoms with Crippen LogP contribution in [0.1, 0.15) is 47.2 Å². The Morgan fingerprint density at radius 3 is 1.67 bits per heavy atom. The molecule has 0 saturated carbocycles. The van der Waals surface area contributed by atoms with Crippen molar-refractivity contribution in [2.75, 3.05) is 4.90 Å². The van der Waals surface area contributed by atoms with Crippen LogP contribution in [0.25, 0.3) is 44.2 Å². The number of hydrogen-bond acceptors (Lipinski definition) is 2. The third-order valence-corrected chi connectivity index (χ3v) is 14.2. The van der Waals surface area contributed by atoms with Crippen molar-refractivity contribution >= 4 is 39.6 Å². The van der Waals surface area contributed by atoms with E-state index in [1.165, 1.54) is 87.3 Å². The third kappa shape index (κ3) is 4.61. The van der Waals surface area contributed by atoms with Gasteiger partial charge in [-0.2, -0.15) is 0 Å². The second kappa shape index (κ2) is 12.4. The molecule has 9 aromatic rings. The Labute approximate surface area is 344 Å². The summed E-state index contributed by atoms with van der Waals surface area (Å²) in [5, 5.41) is 2.59. The lowest BCUT2D eigenvalue weighted by molar-refractivity contribution is 0.660. The Morgan fingerprint density at radius 1 is 0.379 bits per heavy atom. The van der Waals surface area contributed by atoms with Gasteiger partial charge >= 0.3 is 0 Å². The van der Waals surface area contributed by atoms with Crippen LogP contribution in [0, 0.1) is 0 Å². The highest BCUT2D eigenvalue weighted by atomic mass is 32.2. The van der Waals surface area contributed by atoms with Gasteiger partial charge in [0.05, 0.1) is 5.41 Å². The third-order valence-electron chi connectivity index (χ3n) is 13.1. The highest BCUT2D eigenvalue weighted by molar-refractivity contribution is 7.99. The Kier molecular flexibility index (Phi) is 7.19. The highest BCUT2D eigenvalue weighted by Gasteiger charge is 2.51. The van der Waals surface area contributed by atoms with Gasteiger partial charge in [0.25, 0.3) is 0 Å². The molecular formula is C56H39NS. The molecule has 2 heteroatoms. The average Bonchev–Trinajstić information content (AvgIpc) is 3.69. The summed E-state index contributed by atoms with van der Waals surface area (Å²) in [5.41, 5.74) is 18.8. The van der Waals surface area contributed by atoms with Crippen molar-refractivity contribution in [2.24, 2.45) is 0 Å². The van der Waals surface area contributed by atoms with Gasteiger partial charge in [-0.3, -0.25) is 0 Å². The summed E-state index contributed by atoms with van der Waals surface area (Å²) in [6.45, 7) is 4.74. The average molecular weight is 758 g/mol. The van der Waals surface area contributed by atoms with Gasteiger partial charge in [0.15, 0.2) is 0 Å². The first-order valence-electron chi connectivity index (χ1n) is 20.3. The summed E-state index contributed by atoms with van der Waals surface area (Å²) in [7, 11) is 0. The predicted molar refractivity (Wildman–Crippen MR) is 243 cm³/mol. The predicted octanol–water partition coefficient (Wildman–Crippen LogP) is 15.1. The van der Waals surface area contributed by atoms with Crippen LogP contribution in [0.15, 0.2) is 210 Å². The van der Waals surface area contributed by atoms with Crippen LogP contribution in [-0.4, -0.2) is 0 Å². The monoisotopic (exact) mass is 757 g/mol. The molecule has 0 fully saturated rings. The standard InChI is InChI=1S/C56H39NS/c1-55(2)47-21-11-8-18-43(47)46-31-29-40(34-51(46)55)57(39-27-24-37(25-28-39)36-14-4-3-5-15-36)41-30-32-50-53(35-41)58-52-33-26-38-16-6-7-17-42(38)54(52)56(50)48-22-12-9-19-44(48)45-20-10-13-23-49(45)56/h3-35H,1-2H3. The van der Waals surface area contributed by atoms with Crippen LogP contribution in [-0.2, 0) is 10.8 Å². The summed E-state index contributed by atoms with van der Waals surface area (Å²) < 4.78 is 0. The molecule has 0 amide bonds. The Bertz CT molecular complexity index is 3080. The van der Waals surface area contributed by atoms with Gasteiger partial charge in [-0.15, -0.1) is 0 Å². The lowest BCUT2D eigenvalue weighted by Gasteiger charge is -2.41. The van der Waals surface area contributed by atoms with Crippen molar-refractivity contribution in [1.29, 1.82) is 0 Å². The fourth-order valence-electron chi connectivity index (χ4n) is 10.5. The maximum Gasteiger partial charge on any atom is 0.0741 e. The van der Waals surface area contributed by atoms with Crippen molar-refractivity contribution < 1.29 is 0 Å². The first kappa shape index (κ1) is 33.5. The van der Waals surface area contributed by atoms with E-state index in [4.69, 9.17) is 0 Å². The van der Waals surface area contributed by atoms with Crippen molar-refractivity contribution in [2.45, 2.75) is 34.5 Å². The van der Waals surface area contributed by atoms with E-state index in [1.807, 2.05) is 11.8 Å². The molecule has 9 aromatic carbocycles. The Balaban J connectivity index is 1.09. The van der Waals surface area contributed by atoms with Gasteiger partial charge in [-0.25, -0.2) is 0 Å². The van der Waals surface area contributed by atoms with Gasteiger partial charge < -0.3 is 4.90 Å². The van der Waals surface area contributed by atoms with Crippen LogP contribution < -0.4 is 4.90 Å². The van der Waals surface area contributed by atoms with Crippen molar-refractivity contribution in [3.63, 3.8) is 0 Å². The summed E-state index contributed by atoms with van der Waals surface area (Å²) >= 11 is 1.91. The fraction of sp³-hybridized carbons (Fsp3) is 0.0714. The Morgan fingerprint density at radius 2 is 0.931 bits per heavy atom. The minimum atomic E-state index is -0.464. The van der Waals surface area contributed by atoms with Gasteiger partial charge in [-0.1, -0.05) is 183 Å². The number of fused-ring (bicyclic) bond motifs is 14. The molecule has 0 atom stereocenters. The Hall–Kier alpha value is -6.61. The van der Waals surface area contributed by atoms with E-state index < -0.39 is 5.41 Å². The van der Waals surface area contributed by atoms with E-state index in [1.54, 1.807) is 0 Å². The molecule has 0 unspecified atom stereocenters. The first-order valence-corrected chi connectivity index (χ1v) is 21.1. The molecule has 274 valence electrons. The quantitative estimate of drug-likeness (QED) is 0.176. The number of hydrogen-bond donors (Lipinski definition) is 0. The van der Waals surface area contributed by atoms with E-state index >= 15 is 0 Å². The van der Waals surface area contributed by atoms with Gasteiger partial charge in [0.1, 0.15) is 0 Å². The maximum atomic E-state index is 2.47. The minimum Gasteiger partial charge on any atom is -0.310 e. The van der Waals surface area contributed by atoms with Crippen molar-refractivity contribution in [1.82, 2.24) is 0 Å². The summed E-state index contributed by atoms with van der Waals surface area (Å²) in [4.78, 5) is 5.06. The minimum absolute atomic E-state index is 0.113. The van der Waals surface area contributed by atoms with Crippen LogP contribution in [0.2, 0.25) is 0 Å². The molecule has 0 radical (unpaired) electrons. The molecule has 1 heterocycles. The zero-order valence-corrected chi connectivity index (χ0v) is 33.2. The highest BCUT2D eigenvalue weighted by Crippen LogP contribution is 2.64. The molecule has 12 rings (SSSR count). The molecule has 0 bridgehead atoms. The van der Waals surface area contributed by atoms with Crippen LogP contribution in [0.3, 0.4) is 0 Å². The van der Waals surface area contributed by atoms with Crippen LogP contribution >= 0.6 is 11.8 Å². The number of benzene rings is 9. The molecule has 1 nitrogen and oxygen atoms in total. The molecule has 0 aromatic heterocycles. The fourth-order valence-corrected chi connectivity index (χ4v) is 11.8. The second-order valence-electron chi connectivity index (χ2n) is 16.4. The first-order chi connectivity index (χ1) is 28.5. The van der Waals surface area contributed by atoms with Gasteiger partial charge in [0, 0.05) is 32.3 Å². The smallest absolute Gasteiger partial charge is 0.0741 e. The zero-order valence-electron chi connectivity index (χ0n) is 32.4. The summed E-state index contributed by atoms with van der Waals surface area (Å²) in [5.74, 6) is 0. The topological polar surface area (TPSA) is 3.24 Å². The lowest BCUT2D eigenvalue weighted by atomic mass is 9.66. The molecule has 1 spiro atoms. The molecule has 1 aliphatic heterocycles. The van der Waals surface area contributed by atoms with Gasteiger partial charge in [-0.05, 0) is 120 Å². The van der Waals surface area contributed by atoms with E-state index in [0.29, 0.717) is 0 Å². The van der Waals surface area contributed by atoms with Crippen LogP contribution in [0.5, 0.6) is 0 Å². The second-order valence-corrected chi connectivity index (χ2v) is 17.5. The zero-order chi connectivity index (χ0) is 38.6. The number of anilines is 3. The van der Waals surface area contributed by atoms with Crippen LogP contribution in [0.4, 0.5) is 17.1 Å². The van der Waals surface area contributed by atoms with E-state index in [9.17, 15) is 0 Å². The SMILES string of the molecule is CC1(C)c2ccccc2-c2ccc(N(c3ccc(-c4ccccc4)cc3)c3ccc4c(c3)Sc3ccc5ccccc5c3C43c4ccccc4-c4ccccc43)cc21. The summed E-state index contributed by atoms with van der Waals surface area (Å²) in [6.07, 6.45) is 0. The molecule has 2 aliphatic carbocycles. The molecule has 0 N–H and O–H groups in total. The van der Waals surface area contributed by atoms with E-state index in [2.05, 4.69) is 219 Å². The number of rotatable bonds is 4. The number of nitrogens with zero attached hydrogens (tertiary/aromatic N) is 1. The molecule has 58 heavy (non-hydrogen) atoms. The lowest BCUT2D eigenvalue weighted by Crippen LogP contribution is -2.32. The largest absolute Gasteiger partial charge is 0.310 e. The molecular weight excluding hydrogens is 719 g/mol. The molecule has 3 aliphatic rings.